The van der Waals surface area contributed by atoms with E-state index in [2.05, 4.69) is 4.90 Å². The smallest absolute Gasteiger partial charge is 0.346 e. The molecule has 38 heavy (non-hydrogen) atoms. The second kappa shape index (κ2) is 11.6. The van der Waals surface area contributed by atoms with E-state index in [1.807, 2.05) is 87.5 Å². The van der Waals surface area contributed by atoms with Crippen LogP contribution in [0.2, 0.25) is 0 Å². The average molecular weight is 520 g/mol. The van der Waals surface area contributed by atoms with Gasteiger partial charge >= 0.3 is 5.97 Å². The monoisotopic (exact) mass is 519 g/mol. The molecule has 0 radical (unpaired) electrons. The van der Waals surface area contributed by atoms with Crippen LogP contribution in [0.1, 0.15) is 54.2 Å². The summed E-state index contributed by atoms with van der Waals surface area (Å²) in [5.74, 6) is 0.107. The van der Waals surface area contributed by atoms with Gasteiger partial charge in [0.15, 0.2) is 0 Å². The minimum Gasteiger partial charge on any atom is -0.496 e. The number of esters is 1. The summed E-state index contributed by atoms with van der Waals surface area (Å²) in [7, 11) is 3.04. The molecule has 1 N–H and O–H groups in total. The van der Waals surface area contributed by atoms with Crippen molar-refractivity contribution < 1.29 is 28.8 Å². The van der Waals surface area contributed by atoms with Gasteiger partial charge in [-0.3, -0.25) is 4.90 Å². The topological polar surface area (TPSA) is 77.5 Å². The number of carbonyl (C=O) groups excluding carboxylic acids is 1. The van der Waals surface area contributed by atoms with Crippen molar-refractivity contribution in [2.24, 2.45) is 0 Å². The number of methoxy groups -OCH3 is 2. The number of β-amino-alcohol motifs (C(OH)–C–C–N with tert-alkyl or cyclic N) is 1. The third kappa shape index (κ3) is 5.70. The number of aliphatic hydroxyl groups is 1. The van der Waals surface area contributed by atoms with Gasteiger partial charge < -0.3 is 24.1 Å². The van der Waals surface area contributed by atoms with Crippen LogP contribution < -0.4 is 9.47 Å². The molecule has 1 saturated heterocycles. The van der Waals surface area contributed by atoms with E-state index in [0.29, 0.717) is 30.0 Å². The molecular weight excluding hydrogens is 482 g/mol. The number of rotatable bonds is 9. The van der Waals surface area contributed by atoms with Crippen molar-refractivity contribution in [2.75, 3.05) is 34.0 Å². The van der Waals surface area contributed by atoms with E-state index in [0.717, 1.165) is 17.7 Å². The zero-order valence-corrected chi connectivity index (χ0v) is 22.8. The van der Waals surface area contributed by atoms with Gasteiger partial charge in [-0.1, -0.05) is 60.7 Å². The molecule has 0 amide bonds. The molecule has 7 heteroatoms. The van der Waals surface area contributed by atoms with Crippen LogP contribution in [0.3, 0.4) is 0 Å². The van der Waals surface area contributed by atoms with Crippen LogP contribution in [-0.4, -0.2) is 61.7 Å². The quantitative estimate of drug-likeness (QED) is 0.315. The van der Waals surface area contributed by atoms with Crippen molar-refractivity contribution in [3.63, 3.8) is 0 Å². The van der Waals surface area contributed by atoms with Gasteiger partial charge in [0.05, 0.1) is 20.3 Å². The summed E-state index contributed by atoms with van der Waals surface area (Å²) in [4.78, 5) is 15.6. The third-order valence-electron chi connectivity index (χ3n) is 6.60. The molecule has 1 unspecified atom stereocenters. The van der Waals surface area contributed by atoms with E-state index in [1.54, 1.807) is 6.07 Å². The fourth-order valence-corrected chi connectivity index (χ4v) is 4.93. The Morgan fingerprint density at radius 2 is 1.53 bits per heavy atom. The van der Waals surface area contributed by atoms with Gasteiger partial charge in [-0.05, 0) is 50.5 Å². The first-order valence-corrected chi connectivity index (χ1v) is 12.8. The highest BCUT2D eigenvalue weighted by Gasteiger charge is 2.43. The average Bonchev–Trinajstić information content (AvgIpc) is 3.33. The lowest BCUT2D eigenvalue weighted by atomic mass is 9.78. The molecular formula is C31H37NO6. The van der Waals surface area contributed by atoms with Crippen molar-refractivity contribution >= 4 is 5.97 Å². The van der Waals surface area contributed by atoms with Crippen LogP contribution in [0.25, 0.3) is 0 Å². The number of aliphatic hydroxyl groups excluding tert-OH is 1. The number of carbonyl (C=O) groups is 1. The lowest BCUT2D eigenvalue weighted by molar-refractivity contribution is -0.0493. The third-order valence-corrected chi connectivity index (χ3v) is 6.60. The van der Waals surface area contributed by atoms with E-state index in [4.69, 9.17) is 18.9 Å². The molecule has 1 aliphatic rings. The second-order valence-electron chi connectivity index (χ2n) is 10.4. The standard InChI is InChI=1S/C31H37NO6/c1-30(2,3)38-29(34)27-26(35-4)17-16-25(28(27)36-5)31(22-12-8-6-9-13-22,23-14-10-7-11-15-23)37-21-32-19-18-24(33)20-32/h6-17,24,33H,18-21H2,1-5H3. The maximum atomic E-state index is 13.5. The highest BCUT2D eigenvalue weighted by Crippen LogP contribution is 2.47. The minimum atomic E-state index is -1.15. The largest absolute Gasteiger partial charge is 0.496 e. The van der Waals surface area contributed by atoms with Crippen LogP contribution in [0.4, 0.5) is 0 Å². The Morgan fingerprint density at radius 1 is 0.921 bits per heavy atom. The first kappa shape index (κ1) is 27.6. The summed E-state index contributed by atoms with van der Waals surface area (Å²) in [5, 5.41) is 10.1. The molecule has 0 bridgehead atoms. The first-order valence-electron chi connectivity index (χ1n) is 12.8. The molecule has 3 aromatic rings. The normalized spacial score (nSPS) is 16.3. The van der Waals surface area contributed by atoms with E-state index in [-0.39, 0.29) is 18.4 Å². The molecule has 1 atom stereocenters. The number of hydrogen-bond donors (Lipinski definition) is 1. The Kier molecular flexibility index (Phi) is 8.41. The van der Waals surface area contributed by atoms with E-state index in [9.17, 15) is 9.90 Å². The summed E-state index contributed by atoms with van der Waals surface area (Å²) in [6, 6.07) is 23.4. The minimum absolute atomic E-state index is 0.193. The highest BCUT2D eigenvalue weighted by atomic mass is 16.6. The predicted molar refractivity (Wildman–Crippen MR) is 146 cm³/mol. The number of nitrogens with zero attached hydrogens (tertiary/aromatic N) is 1. The SMILES string of the molecule is COc1ccc(C(OCN2CCC(O)C2)(c2ccccc2)c2ccccc2)c(OC)c1C(=O)OC(C)(C)C. The molecule has 0 aromatic heterocycles. The van der Waals surface area contributed by atoms with Crippen molar-refractivity contribution in [3.8, 4) is 11.5 Å². The summed E-state index contributed by atoms with van der Waals surface area (Å²) < 4.78 is 24.3. The maximum absolute atomic E-state index is 13.5. The van der Waals surface area contributed by atoms with Crippen LogP contribution in [0.5, 0.6) is 11.5 Å². The van der Waals surface area contributed by atoms with Gasteiger partial charge in [0.25, 0.3) is 0 Å². The maximum Gasteiger partial charge on any atom is 0.346 e. The summed E-state index contributed by atoms with van der Waals surface area (Å²) in [6.45, 7) is 6.97. The van der Waals surface area contributed by atoms with Gasteiger partial charge in [-0.15, -0.1) is 0 Å². The first-order chi connectivity index (χ1) is 18.2. The molecule has 0 saturated carbocycles. The zero-order chi connectivity index (χ0) is 27.3. The fourth-order valence-electron chi connectivity index (χ4n) is 4.93. The van der Waals surface area contributed by atoms with Gasteiger partial charge in [-0.2, -0.15) is 0 Å². The van der Waals surface area contributed by atoms with E-state index in [1.165, 1.54) is 14.2 Å². The molecule has 1 heterocycles. The van der Waals surface area contributed by atoms with Gasteiger partial charge in [-0.25, -0.2) is 4.79 Å². The van der Waals surface area contributed by atoms with Crippen LogP contribution >= 0.6 is 0 Å². The van der Waals surface area contributed by atoms with Crippen molar-refractivity contribution in [2.45, 2.75) is 44.5 Å². The molecule has 4 rings (SSSR count). The van der Waals surface area contributed by atoms with E-state index < -0.39 is 17.2 Å². The molecule has 202 valence electrons. The molecule has 1 aliphatic heterocycles. The number of benzene rings is 3. The van der Waals surface area contributed by atoms with Crippen molar-refractivity contribution in [1.82, 2.24) is 4.90 Å². The molecule has 7 nitrogen and oxygen atoms in total. The van der Waals surface area contributed by atoms with Gasteiger partial charge in [0.2, 0.25) is 0 Å². The molecule has 1 fully saturated rings. The zero-order valence-electron chi connectivity index (χ0n) is 22.8. The number of hydrogen-bond acceptors (Lipinski definition) is 7. The number of ether oxygens (including phenoxy) is 4. The Hall–Kier alpha value is -3.39. The van der Waals surface area contributed by atoms with Gasteiger partial charge in [0, 0.05) is 18.7 Å². The molecule has 0 spiro atoms. The van der Waals surface area contributed by atoms with Crippen LogP contribution in [-0.2, 0) is 15.1 Å². The lowest BCUT2D eigenvalue weighted by Crippen LogP contribution is -2.38. The van der Waals surface area contributed by atoms with Crippen molar-refractivity contribution in [1.29, 1.82) is 0 Å². The fraction of sp³-hybridized carbons (Fsp3) is 0.387. The highest BCUT2D eigenvalue weighted by molar-refractivity contribution is 5.97. The lowest BCUT2D eigenvalue weighted by Gasteiger charge is -2.38. The Morgan fingerprint density at radius 3 is 2.00 bits per heavy atom. The summed E-state index contributed by atoms with van der Waals surface area (Å²) in [6.07, 6.45) is 0.317. The van der Waals surface area contributed by atoms with Crippen LogP contribution in [0.15, 0.2) is 72.8 Å². The number of likely N-dealkylation sites (tertiary alicyclic amines) is 1. The predicted octanol–water partition coefficient (Wildman–Crippen LogP) is 4.99. The van der Waals surface area contributed by atoms with Crippen LogP contribution in [0, 0.1) is 0 Å². The Balaban J connectivity index is 1.98. The Labute approximate surface area is 224 Å². The molecule has 0 aliphatic carbocycles. The summed E-state index contributed by atoms with van der Waals surface area (Å²) >= 11 is 0. The second-order valence-corrected chi connectivity index (χ2v) is 10.4. The van der Waals surface area contributed by atoms with Gasteiger partial charge in [0.1, 0.15) is 35.0 Å². The Bertz CT molecular complexity index is 1180. The van der Waals surface area contributed by atoms with Crippen molar-refractivity contribution in [3.05, 3.63) is 95.1 Å². The summed E-state index contributed by atoms with van der Waals surface area (Å²) in [5.41, 5.74) is 0.697. The molecule has 3 aromatic carbocycles. The van der Waals surface area contributed by atoms with E-state index >= 15 is 0 Å².